The van der Waals surface area contributed by atoms with E-state index in [1.807, 2.05) is 20.8 Å². The number of nitrogens with zero attached hydrogens (tertiary/aromatic N) is 2. The highest BCUT2D eigenvalue weighted by atomic mass is 16.1. The Kier molecular flexibility index (Phi) is 3.38. The highest BCUT2D eigenvalue weighted by Crippen LogP contribution is 2.22. The molecule has 0 aromatic carbocycles. The van der Waals surface area contributed by atoms with Gasteiger partial charge in [-0.3, -0.25) is 0 Å². The summed E-state index contributed by atoms with van der Waals surface area (Å²) in [5.41, 5.74) is -0.338. The predicted molar refractivity (Wildman–Crippen MR) is 39.5 cm³/mol. The van der Waals surface area contributed by atoms with E-state index in [9.17, 15) is 9.59 Å². The molecule has 0 aromatic heterocycles. The van der Waals surface area contributed by atoms with Gasteiger partial charge in [0.05, 0.1) is 0 Å². The Hall–Kier alpha value is -1.24. The lowest BCUT2D eigenvalue weighted by atomic mass is 9.93. The van der Waals surface area contributed by atoms with Crippen molar-refractivity contribution in [2.75, 3.05) is 0 Å². The lowest BCUT2D eigenvalue weighted by Crippen LogP contribution is -2.21. The fraction of sp³-hybridized carbons (Fsp3) is 0.714. The smallest absolute Gasteiger partial charge is 0.211 e. The summed E-state index contributed by atoms with van der Waals surface area (Å²) in [6.07, 6.45) is 2.05. The monoisotopic (exact) mass is 154 g/mol. The molecule has 0 saturated heterocycles. The van der Waals surface area contributed by atoms with Crippen LogP contribution in [0.25, 0.3) is 0 Å². The van der Waals surface area contributed by atoms with Crippen LogP contribution in [-0.2, 0) is 9.59 Å². The van der Waals surface area contributed by atoms with E-state index >= 15 is 0 Å². The second kappa shape index (κ2) is 3.81. The Morgan fingerprint density at radius 2 is 1.45 bits per heavy atom. The third-order valence-electron chi connectivity index (χ3n) is 1.12. The van der Waals surface area contributed by atoms with Crippen LogP contribution in [0.1, 0.15) is 20.8 Å². The molecule has 0 aliphatic rings. The fourth-order valence-corrected chi connectivity index (χ4v) is 0.516. The average molecular weight is 154 g/mol. The highest BCUT2D eigenvalue weighted by molar-refractivity contribution is 5.37. The summed E-state index contributed by atoms with van der Waals surface area (Å²) in [5.74, 6) is 0. The van der Waals surface area contributed by atoms with E-state index in [4.69, 9.17) is 0 Å². The van der Waals surface area contributed by atoms with Crippen molar-refractivity contribution in [2.45, 2.75) is 26.9 Å². The van der Waals surface area contributed by atoms with Gasteiger partial charge >= 0.3 is 0 Å². The summed E-state index contributed by atoms with van der Waals surface area (Å²) in [6, 6.07) is 0. The van der Waals surface area contributed by atoms with Crippen molar-refractivity contribution in [3.05, 3.63) is 0 Å². The molecule has 0 heterocycles. The zero-order valence-electron chi connectivity index (χ0n) is 6.79. The maximum absolute atomic E-state index is 9.86. The van der Waals surface area contributed by atoms with E-state index in [2.05, 4.69) is 9.98 Å². The second-order valence-electron chi connectivity index (χ2n) is 3.18. The maximum atomic E-state index is 9.86. The minimum absolute atomic E-state index is 0.338. The third kappa shape index (κ3) is 3.46. The van der Waals surface area contributed by atoms with Crippen molar-refractivity contribution in [3.63, 3.8) is 0 Å². The molecule has 0 rings (SSSR count). The lowest BCUT2D eigenvalue weighted by molar-refractivity contribution is 0.329. The van der Waals surface area contributed by atoms with E-state index in [0.29, 0.717) is 0 Å². The van der Waals surface area contributed by atoms with E-state index in [-0.39, 0.29) is 5.41 Å². The number of hydrogen-bond acceptors (Lipinski definition) is 4. The van der Waals surface area contributed by atoms with Crippen molar-refractivity contribution in [1.29, 1.82) is 0 Å². The minimum Gasteiger partial charge on any atom is -0.211 e. The molecule has 4 nitrogen and oxygen atoms in total. The molecule has 0 saturated carbocycles. The molecule has 0 bridgehead atoms. The molecule has 0 aliphatic carbocycles. The van der Waals surface area contributed by atoms with Gasteiger partial charge in [0.15, 0.2) is 6.17 Å². The highest BCUT2D eigenvalue weighted by Gasteiger charge is 2.23. The van der Waals surface area contributed by atoms with Crippen LogP contribution in [0.4, 0.5) is 0 Å². The largest absolute Gasteiger partial charge is 0.237 e. The summed E-state index contributed by atoms with van der Waals surface area (Å²) in [6.45, 7) is 5.46. The normalized spacial score (nSPS) is 12.6. The standard InChI is InChI=1S/C7H10N2O2/c1-7(2,3)6(8-4-10)9-5-11/h6H,1-3H3. The van der Waals surface area contributed by atoms with Crippen molar-refractivity contribution in [1.82, 2.24) is 0 Å². The Labute approximate surface area is 65.0 Å². The fourth-order valence-electron chi connectivity index (χ4n) is 0.516. The molecule has 0 aliphatic heterocycles. The first-order chi connectivity index (χ1) is 5.02. The predicted octanol–water partition coefficient (Wildman–Crippen LogP) is 1.03. The Bertz CT molecular complexity index is 199. The van der Waals surface area contributed by atoms with Gasteiger partial charge in [-0.25, -0.2) is 9.59 Å². The summed E-state index contributed by atoms with van der Waals surface area (Å²) in [5, 5.41) is 0. The lowest BCUT2D eigenvalue weighted by Gasteiger charge is -2.20. The van der Waals surface area contributed by atoms with Gasteiger partial charge in [0, 0.05) is 5.41 Å². The number of rotatable bonds is 2. The van der Waals surface area contributed by atoms with E-state index in [0.717, 1.165) is 0 Å². The molecule has 11 heavy (non-hydrogen) atoms. The molecule has 0 radical (unpaired) electrons. The van der Waals surface area contributed by atoms with Crippen LogP contribution in [0.5, 0.6) is 0 Å². The number of hydrogen-bond donors (Lipinski definition) is 0. The van der Waals surface area contributed by atoms with Gasteiger partial charge in [-0.1, -0.05) is 20.8 Å². The molecule has 0 fully saturated rings. The molecular formula is C7H10N2O2. The molecule has 4 heteroatoms. The first-order valence-corrected chi connectivity index (χ1v) is 3.16. The van der Waals surface area contributed by atoms with Crippen LogP contribution < -0.4 is 0 Å². The van der Waals surface area contributed by atoms with Gasteiger partial charge in [-0.15, -0.1) is 0 Å². The van der Waals surface area contributed by atoms with Crippen LogP contribution in [0, 0.1) is 5.41 Å². The molecule has 0 unspecified atom stereocenters. The second-order valence-corrected chi connectivity index (χ2v) is 3.18. The summed E-state index contributed by atoms with van der Waals surface area (Å²) >= 11 is 0. The summed E-state index contributed by atoms with van der Waals surface area (Å²) in [4.78, 5) is 26.4. The first kappa shape index (κ1) is 9.76. The molecule has 0 amide bonds. The van der Waals surface area contributed by atoms with Crippen LogP contribution in [0.15, 0.2) is 9.98 Å². The third-order valence-corrected chi connectivity index (χ3v) is 1.12. The summed E-state index contributed by atoms with van der Waals surface area (Å²) < 4.78 is 0. The number of carbonyl (C=O) groups excluding carboxylic acids is 2. The van der Waals surface area contributed by atoms with Crippen LogP contribution in [0.3, 0.4) is 0 Å². The van der Waals surface area contributed by atoms with Crippen molar-refractivity contribution in [2.24, 2.45) is 15.4 Å². The van der Waals surface area contributed by atoms with Gasteiger partial charge < -0.3 is 0 Å². The molecule has 0 N–H and O–H groups in total. The minimum atomic E-state index is -0.669. The average Bonchev–Trinajstić information content (AvgIpc) is 1.85. The molecule has 0 atom stereocenters. The zero-order valence-corrected chi connectivity index (χ0v) is 6.79. The Morgan fingerprint density at radius 1 is 1.09 bits per heavy atom. The van der Waals surface area contributed by atoms with E-state index in [1.165, 1.54) is 12.2 Å². The Balaban J connectivity index is 4.60. The van der Waals surface area contributed by atoms with E-state index < -0.39 is 6.17 Å². The zero-order chi connectivity index (χ0) is 8.91. The molecule has 60 valence electrons. The quantitative estimate of drug-likeness (QED) is 0.440. The Morgan fingerprint density at radius 3 is 1.64 bits per heavy atom. The first-order valence-electron chi connectivity index (χ1n) is 3.16. The molecule has 0 spiro atoms. The SMILES string of the molecule is CC(C)(C)C(N=C=O)N=C=O. The summed E-state index contributed by atoms with van der Waals surface area (Å²) in [7, 11) is 0. The van der Waals surface area contributed by atoms with Gasteiger partial charge in [0.2, 0.25) is 12.2 Å². The van der Waals surface area contributed by atoms with Crippen molar-refractivity contribution >= 4 is 12.2 Å². The van der Waals surface area contributed by atoms with Gasteiger partial charge in [-0.05, 0) is 0 Å². The van der Waals surface area contributed by atoms with Gasteiger partial charge in [0.1, 0.15) is 0 Å². The van der Waals surface area contributed by atoms with Crippen LogP contribution in [-0.4, -0.2) is 18.3 Å². The molecule has 0 aromatic rings. The van der Waals surface area contributed by atoms with Crippen LogP contribution >= 0.6 is 0 Å². The van der Waals surface area contributed by atoms with E-state index in [1.54, 1.807) is 0 Å². The van der Waals surface area contributed by atoms with Gasteiger partial charge in [-0.2, -0.15) is 9.98 Å². The molecular weight excluding hydrogens is 144 g/mol. The van der Waals surface area contributed by atoms with Gasteiger partial charge in [0.25, 0.3) is 0 Å². The topological polar surface area (TPSA) is 58.9 Å². The van der Waals surface area contributed by atoms with Crippen molar-refractivity contribution < 1.29 is 9.59 Å². The number of aliphatic imine (C=N–C) groups is 2. The van der Waals surface area contributed by atoms with Crippen LogP contribution in [0.2, 0.25) is 0 Å². The maximum Gasteiger partial charge on any atom is 0.237 e. The number of isocyanates is 2. The van der Waals surface area contributed by atoms with Crippen molar-refractivity contribution in [3.8, 4) is 0 Å².